The molecule has 3 heteroatoms. The molecule has 3 nitrogen and oxygen atoms in total. The van der Waals surface area contributed by atoms with Gasteiger partial charge in [0.2, 0.25) is 5.88 Å². The average molecular weight is 217 g/mol. The van der Waals surface area contributed by atoms with Crippen molar-refractivity contribution in [1.82, 2.24) is 4.98 Å². The number of hydrogen-bond donors (Lipinski definition) is 1. The third-order valence-electron chi connectivity index (χ3n) is 2.45. The van der Waals surface area contributed by atoms with Crippen molar-refractivity contribution < 1.29 is 9.84 Å². The Labute approximate surface area is 94.7 Å². The minimum absolute atomic E-state index is 0.00156. The number of aromatic nitrogens is 1. The van der Waals surface area contributed by atoms with Gasteiger partial charge in [0.25, 0.3) is 0 Å². The van der Waals surface area contributed by atoms with Crippen LogP contribution < -0.4 is 4.74 Å². The second-order valence-electron chi connectivity index (χ2n) is 3.64. The molecule has 0 aliphatic heterocycles. The minimum Gasteiger partial charge on any atom is -0.477 e. The quantitative estimate of drug-likeness (QED) is 0.855. The highest BCUT2D eigenvalue weighted by Crippen LogP contribution is 2.26. The van der Waals surface area contributed by atoms with E-state index in [0.717, 1.165) is 22.8 Å². The molecule has 1 aromatic carbocycles. The van der Waals surface area contributed by atoms with E-state index in [4.69, 9.17) is 4.74 Å². The standard InChI is InChI=1S/C13H15NO2/c1-2-7-16-13-12-6-4-3-5-11(12)10(9-15)8-14-13/h3-6,8,15H,2,7,9H2,1H3. The normalized spacial score (nSPS) is 10.6. The molecule has 2 rings (SSSR count). The van der Waals surface area contributed by atoms with Gasteiger partial charge in [0.05, 0.1) is 13.2 Å². The fourth-order valence-electron chi connectivity index (χ4n) is 1.67. The van der Waals surface area contributed by atoms with E-state index in [-0.39, 0.29) is 6.61 Å². The van der Waals surface area contributed by atoms with E-state index >= 15 is 0 Å². The SMILES string of the molecule is CCCOc1ncc(CO)c2ccccc12. The average Bonchev–Trinajstić information content (AvgIpc) is 2.36. The maximum atomic E-state index is 9.22. The van der Waals surface area contributed by atoms with Crippen molar-refractivity contribution >= 4 is 10.8 Å². The van der Waals surface area contributed by atoms with Gasteiger partial charge < -0.3 is 9.84 Å². The Hall–Kier alpha value is -1.61. The van der Waals surface area contributed by atoms with Gasteiger partial charge in [-0.25, -0.2) is 4.98 Å². The summed E-state index contributed by atoms with van der Waals surface area (Å²) in [6.45, 7) is 2.72. The van der Waals surface area contributed by atoms with Gasteiger partial charge in [-0.2, -0.15) is 0 Å². The fraction of sp³-hybridized carbons (Fsp3) is 0.308. The van der Waals surface area contributed by atoms with E-state index in [2.05, 4.69) is 11.9 Å². The number of ether oxygens (including phenoxy) is 1. The maximum absolute atomic E-state index is 9.22. The van der Waals surface area contributed by atoms with Gasteiger partial charge in [-0.05, 0) is 17.9 Å². The van der Waals surface area contributed by atoms with E-state index < -0.39 is 0 Å². The molecule has 1 N–H and O–H groups in total. The monoisotopic (exact) mass is 217 g/mol. The Kier molecular flexibility index (Phi) is 3.37. The predicted octanol–water partition coefficient (Wildman–Crippen LogP) is 2.52. The zero-order valence-electron chi connectivity index (χ0n) is 9.31. The van der Waals surface area contributed by atoms with Crippen molar-refractivity contribution in [1.29, 1.82) is 0 Å². The number of benzene rings is 1. The summed E-state index contributed by atoms with van der Waals surface area (Å²) in [6, 6.07) is 7.84. The lowest BCUT2D eigenvalue weighted by Crippen LogP contribution is -1.99. The molecule has 16 heavy (non-hydrogen) atoms. The summed E-state index contributed by atoms with van der Waals surface area (Å²) in [5, 5.41) is 11.2. The van der Waals surface area contributed by atoms with Gasteiger partial charge in [-0.1, -0.05) is 25.1 Å². The van der Waals surface area contributed by atoms with Crippen LogP contribution in [0.4, 0.5) is 0 Å². The number of hydrogen-bond acceptors (Lipinski definition) is 3. The smallest absolute Gasteiger partial charge is 0.221 e. The van der Waals surface area contributed by atoms with E-state index in [0.29, 0.717) is 12.5 Å². The first kappa shape index (κ1) is 10.9. The highest BCUT2D eigenvalue weighted by Gasteiger charge is 2.06. The first-order valence-corrected chi connectivity index (χ1v) is 5.47. The van der Waals surface area contributed by atoms with Crippen LogP contribution in [0.25, 0.3) is 10.8 Å². The Morgan fingerprint density at radius 3 is 2.69 bits per heavy atom. The third-order valence-corrected chi connectivity index (χ3v) is 2.45. The molecule has 84 valence electrons. The van der Waals surface area contributed by atoms with Crippen LogP contribution in [0.2, 0.25) is 0 Å². The molecule has 0 aliphatic carbocycles. The summed E-state index contributed by atoms with van der Waals surface area (Å²) >= 11 is 0. The number of nitrogens with zero attached hydrogens (tertiary/aromatic N) is 1. The summed E-state index contributed by atoms with van der Waals surface area (Å²) < 4.78 is 5.58. The van der Waals surface area contributed by atoms with Crippen LogP contribution in [-0.2, 0) is 6.61 Å². The van der Waals surface area contributed by atoms with Crippen molar-refractivity contribution in [2.24, 2.45) is 0 Å². The topological polar surface area (TPSA) is 42.4 Å². The van der Waals surface area contributed by atoms with Crippen LogP contribution in [0, 0.1) is 0 Å². The van der Waals surface area contributed by atoms with E-state index in [1.54, 1.807) is 6.20 Å². The molecule has 0 saturated heterocycles. The van der Waals surface area contributed by atoms with Gasteiger partial charge >= 0.3 is 0 Å². The van der Waals surface area contributed by atoms with Crippen molar-refractivity contribution in [2.75, 3.05) is 6.61 Å². The molecule has 1 heterocycles. The summed E-state index contributed by atoms with van der Waals surface area (Å²) in [7, 11) is 0. The van der Waals surface area contributed by atoms with Crippen LogP contribution in [0.5, 0.6) is 5.88 Å². The molecule has 0 atom stereocenters. The molecular formula is C13H15NO2. The lowest BCUT2D eigenvalue weighted by atomic mass is 10.1. The van der Waals surface area contributed by atoms with E-state index in [1.807, 2.05) is 24.3 Å². The molecule has 0 amide bonds. The fourth-order valence-corrected chi connectivity index (χ4v) is 1.67. The summed E-state index contributed by atoms with van der Waals surface area (Å²) in [5.74, 6) is 0.648. The Bertz CT molecular complexity index is 482. The van der Waals surface area contributed by atoms with Gasteiger partial charge in [0.15, 0.2) is 0 Å². The van der Waals surface area contributed by atoms with Crippen molar-refractivity contribution in [3.8, 4) is 5.88 Å². The number of rotatable bonds is 4. The number of aliphatic hydroxyl groups is 1. The molecule has 0 unspecified atom stereocenters. The predicted molar refractivity (Wildman–Crippen MR) is 63.5 cm³/mol. The Morgan fingerprint density at radius 1 is 1.25 bits per heavy atom. The minimum atomic E-state index is 0.00156. The first-order valence-electron chi connectivity index (χ1n) is 5.47. The highest BCUT2D eigenvalue weighted by atomic mass is 16.5. The molecule has 0 radical (unpaired) electrons. The second-order valence-corrected chi connectivity index (χ2v) is 3.64. The molecule has 0 saturated carbocycles. The lowest BCUT2D eigenvalue weighted by Gasteiger charge is -2.09. The van der Waals surface area contributed by atoms with Crippen LogP contribution >= 0.6 is 0 Å². The number of pyridine rings is 1. The number of aliphatic hydroxyl groups excluding tert-OH is 1. The van der Waals surface area contributed by atoms with Gasteiger partial charge in [0.1, 0.15) is 0 Å². The Morgan fingerprint density at radius 2 is 2.00 bits per heavy atom. The van der Waals surface area contributed by atoms with E-state index in [9.17, 15) is 5.11 Å². The largest absolute Gasteiger partial charge is 0.477 e. The summed E-state index contributed by atoms with van der Waals surface area (Å²) in [4.78, 5) is 4.23. The molecule has 0 bridgehead atoms. The second kappa shape index (κ2) is 4.94. The zero-order valence-corrected chi connectivity index (χ0v) is 9.31. The molecular weight excluding hydrogens is 202 g/mol. The van der Waals surface area contributed by atoms with Crippen molar-refractivity contribution in [3.63, 3.8) is 0 Å². The molecule has 2 aromatic rings. The molecule has 0 spiro atoms. The van der Waals surface area contributed by atoms with Crippen LogP contribution in [0.3, 0.4) is 0 Å². The van der Waals surface area contributed by atoms with E-state index in [1.165, 1.54) is 0 Å². The van der Waals surface area contributed by atoms with Crippen LogP contribution in [0.15, 0.2) is 30.5 Å². The third kappa shape index (κ3) is 1.99. The first-order chi connectivity index (χ1) is 7.86. The molecule has 0 aliphatic rings. The highest BCUT2D eigenvalue weighted by molar-refractivity contribution is 5.89. The van der Waals surface area contributed by atoms with Crippen molar-refractivity contribution in [3.05, 3.63) is 36.0 Å². The zero-order chi connectivity index (χ0) is 11.4. The lowest BCUT2D eigenvalue weighted by molar-refractivity contribution is 0.281. The van der Waals surface area contributed by atoms with Crippen molar-refractivity contribution in [2.45, 2.75) is 20.0 Å². The summed E-state index contributed by atoms with van der Waals surface area (Å²) in [5.41, 5.74) is 0.833. The number of fused-ring (bicyclic) bond motifs is 1. The van der Waals surface area contributed by atoms with Gasteiger partial charge in [-0.3, -0.25) is 0 Å². The summed E-state index contributed by atoms with van der Waals surface area (Å²) in [6.07, 6.45) is 2.63. The maximum Gasteiger partial charge on any atom is 0.221 e. The molecule has 1 aromatic heterocycles. The Balaban J connectivity index is 2.51. The van der Waals surface area contributed by atoms with Crippen LogP contribution in [0.1, 0.15) is 18.9 Å². The van der Waals surface area contributed by atoms with Gasteiger partial charge in [0, 0.05) is 17.1 Å². The molecule has 0 fully saturated rings. The van der Waals surface area contributed by atoms with Gasteiger partial charge in [-0.15, -0.1) is 0 Å². The van der Waals surface area contributed by atoms with Crippen LogP contribution in [-0.4, -0.2) is 16.7 Å².